The first-order chi connectivity index (χ1) is 15.4. The van der Waals surface area contributed by atoms with Crippen LogP contribution in [0.25, 0.3) is 6.08 Å². The average molecular weight is 425 g/mol. The van der Waals surface area contributed by atoms with Crippen molar-refractivity contribution in [1.29, 1.82) is 10.5 Å². The lowest BCUT2D eigenvalue weighted by molar-refractivity contribution is 0.181. The highest BCUT2D eigenvalue weighted by molar-refractivity contribution is 5.70. The molecule has 32 heavy (non-hydrogen) atoms. The Bertz CT molecular complexity index is 1210. The molecule has 0 aliphatic heterocycles. The number of anilines is 4. The molecule has 2 aromatic carbocycles. The van der Waals surface area contributed by atoms with Gasteiger partial charge >= 0.3 is 0 Å². The summed E-state index contributed by atoms with van der Waals surface area (Å²) >= 11 is 0. The summed E-state index contributed by atoms with van der Waals surface area (Å²) in [6.45, 7) is 6.16. The molecule has 0 radical (unpaired) electrons. The van der Waals surface area contributed by atoms with Gasteiger partial charge in [0.2, 0.25) is 5.95 Å². The molecular weight excluding hydrogens is 400 g/mol. The quantitative estimate of drug-likeness (QED) is 0.481. The van der Waals surface area contributed by atoms with Crippen molar-refractivity contribution < 1.29 is 4.74 Å². The first kappa shape index (κ1) is 22.5. The van der Waals surface area contributed by atoms with Gasteiger partial charge in [0.1, 0.15) is 5.82 Å². The van der Waals surface area contributed by atoms with Gasteiger partial charge in [0, 0.05) is 30.1 Å². The molecule has 0 saturated heterocycles. The fourth-order valence-electron chi connectivity index (χ4n) is 3.28. The van der Waals surface area contributed by atoms with Crippen LogP contribution < -0.4 is 10.6 Å². The summed E-state index contributed by atoms with van der Waals surface area (Å²) in [7, 11) is 1.62. The number of methoxy groups -OCH3 is 1. The zero-order valence-corrected chi connectivity index (χ0v) is 18.5. The van der Waals surface area contributed by atoms with Gasteiger partial charge in [0.05, 0.1) is 30.0 Å². The highest BCUT2D eigenvalue weighted by Gasteiger charge is 2.10. The molecule has 0 aliphatic rings. The van der Waals surface area contributed by atoms with Crippen molar-refractivity contribution in [1.82, 2.24) is 9.97 Å². The summed E-state index contributed by atoms with van der Waals surface area (Å²) in [6, 6.07) is 17.2. The molecule has 0 amide bonds. The van der Waals surface area contributed by atoms with E-state index in [4.69, 9.17) is 15.3 Å². The molecule has 160 valence electrons. The van der Waals surface area contributed by atoms with Gasteiger partial charge in [0.15, 0.2) is 0 Å². The summed E-state index contributed by atoms with van der Waals surface area (Å²) in [4.78, 5) is 9.12. The minimum Gasteiger partial charge on any atom is -0.378 e. The van der Waals surface area contributed by atoms with Crippen LogP contribution in [0.5, 0.6) is 0 Å². The van der Waals surface area contributed by atoms with Gasteiger partial charge in [-0.05, 0) is 79.9 Å². The van der Waals surface area contributed by atoms with E-state index in [1.54, 1.807) is 26.2 Å². The van der Waals surface area contributed by atoms with Crippen molar-refractivity contribution in [2.75, 3.05) is 17.7 Å². The standard InChI is InChI=1S/C25H24N6O/c1-16(13-26)9-20-10-17(2)24(18(3)11-20)30-23-12-22(15-32-4)29-25(31-23)28-21-7-5-19(14-27)6-8-21/h5-12H,15H2,1-4H3,(H2,28,29,30,31). The van der Waals surface area contributed by atoms with Gasteiger partial charge in [-0.3, -0.25) is 0 Å². The van der Waals surface area contributed by atoms with Crippen LogP contribution in [0.15, 0.2) is 48.0 Å². The third-order valence-corrected chi connectivity index (χ3v) is 4.71. The Balaban J connectivity index is 1.92. The van der Waals surface area contributed by atoms with Gasteiger partial charge in [-0.15, -0.1) is 0 Å². The Kier molecular flexibility index (Phi) is 7.17. The zero-order chi connectivity index (χ0) is 23.1. The molecule has 7 nitrogen and oxygen atoms in total. The van der Waals surface area contributed by atoms with Gasteiger partial charge in [-0.1, -0.05) is 0 Å². The molecule has 3 rings (SSSR count). The summed E-state index contributed by atoms with van der Waals surface area (Å²) in [6.07, 6.45) is 1.87. The van der Waals surface area contributed by atoms with E-state index in [0.717, 1.165) is 33.8 Å². The molecule has 3 aromatic rings. The third-order valence-electron chi connectivity index (χ3n) is 4.71. The monoisotopic (exact) mass is 424 g/mol. The Morgan fingerprint density at radius 2 is 1.72 bits per heavy atom. The largest absolute Gasteiger partial charge is 0.378 e. The van der Waals surface area contributed by atoms with Crippen LogP contribution in [0.2, 0.25) is 0 Å². The van der Waals surface area contributed by atoms with Gasteiger partial charge < -0.3 is 15.4 Å². The molecule has 0 aliphatic carbocycles. The van der Waals surface area contributed by atoms with Crippen LogP contribution in [0.4, 0.5) is 23.1 Å². The van der Waals surface area contributed by atoms with Crippen molar-refractivity contribution in [2.45, 2.75) is 27.4 Å². The molecule has 1 aromatic heterocycles. The molecule has 0 spiro atoms. The first-order valence-electron chi connectivity index (χ1n) is 10.0. The van der Waals surface area contributed by atoms with Crippen molar-refractivity contribution in [3.05, 3.63) is 76.0 Å². The third kappa shape index (κ3) is 5.69. The SMILES string of the molecule is COCc1cc(Nc2c(C)cc(C=C(C)C#N)cc2C)nc(Nc2ccc(C#N)cc2)n1. The second-order valence-electron chi connectivity index (χ2n) is 7.41. The Morgan fingerprint density at radius 1 is 1.03 bits per heavy atom. The van der Waals surface area contributed by atoms with E-state index in [0.29, 0.717) is 29.5 Å². The van der Waals surface area contributed by atoms with Crippen LogP contribution in [0.1, 0.15) is 34.9 Å². The van der Waals surface area contributed by atoms with E-state index in [1.165, 1.54) is 0 Å². The van der Waals surface area contributed by atoms with Crippen LogP contribution in [-0.2, 0) is 11.3 Å². The lowest BCUT2D eigenvalue weighted by atomic mass is 10.0. The highest BCUT2D eigenvalue weighted by Crippen LogP contribution is 2.27. The Morgan fingerprint density at radius 3 is 2.31 bits per heavy atom. The predicted octanol–water partition coefficient (Wildman–Crippen LogP) is 5.53. The van der Waals surface area contributed by atoms with Crippen LogP contribution >= 0.6 is 0 Å². The number of nitriles is 2. The van der Waals surface area contributed by atoms with E-state index in [1.807, 2.05) is 50.3 Å². The van der Waals surface area contributed by atoms with Crippen LogP contribution in [0.3, 0.4) is 0 Å². The summed E-state index contributed by atoms with van der Waals surface area (Å²) in [5.74, 6) is 1.05. The smallest absolute Gasteiger partial charge is 0.229 e. The number of aromatic nitrogens is 2. The number of hydrogen-bond acceptors (Lipinski definition) is 7. The van der Waals surface area contributed by atoms with Crippen molar-refractivity contribution in [3.8, 4) is 12.1 Å². The second-order valence-corrected chi connectivity index (χ2v) is 7.41. The lowest BCUT2D eigenvalue weighted by Gasteiger charge is -2.15. The molecule has 7 heteroatoms. The first-order valence-corrected chi connectivity index (χ1v) is 10.0. The maximum atomic E-state index is 9.04. The van der Waals surface area contributed by atoms with E-state index in [-0.39, 0.29) is 0 Å². The fraction of sp³-hybridized carbons (Fsp3) is 0.200. The highest BCUT2D eigenvalue weighted by atomic mass is 16.5. The number of allylic oxidation sites excluding steroid dienone is 1. The number of hydrogen-bond donors (Lipinski definition) is 2. The molecule has 0 atom stereocenters. The molecule has 0 saturated carbocycles. The van der Waals surface area contributed by atoms with Crippen molar-refractivity contribution in [2.24, 2.45) is 0 Å². The summed E-state index contributed by atoms with van der Waals surface area (Å²) in [5.41, 5.74) is 6.75. The van der Waals surface area contributed by atoms with Gasteiger partial charge in [-0.25, -0.2) is 4.98 Å². The number of ether oxygens (including phenoxy) is 1. The molecule has 0 unspecified atom stereocenters. The average Bonchev–Trinajstić information content (AvgIpc) is 2.77. The van der Waals surface area contributed by atoms with Gasteiger partial charge in [0.25, 0.3) is 0 Å². The minimum atomic E-state index is 0.342. The summed E-state index contributed by atoms with van der Waals surface area (Å²) < 4.78 is 5.26. The summed E-state index contributed by atoms with van der Waals surface area (Å²) in [5, 5.41) is 24.6. The Labute approximate surface area is 188 Å². The maximum absolute atomic E-state index is 9.04. The lowest BCUT2D eigenvalue weighted by Crippen LogP contribution is -2.06. The second kappa shape index (κ2) is 10.2. The number of nitrogens with one attached hydrogen (secondary N) is 2. The number of benzene rings is 2. The topological polar surface area (TPSA) is 107 Å². The number of rotatable bonds is 7. The normalized spacial score (nSPS) is 10.9. The van der Waals surface area contributed by atoms with Crippen molar-refractivity contribution in [3.63, 3.8) is 0 Å². The molecule has 2 N–H and O–H groups in total. The van der Waals surface area contributed by atoms with Crippen LogP contribution in [-0.4, -0.2) is 17.1 Å². The molecule has 1 heterocycles. The maximum Gasteiger partial charge on any atom is 0.229 e. The molecular formula is C25H24N6O. The van der Waals surface area contributed by atoms with Crippen molar-refractivity contribution >= 4 is 29.2 Å². The van der Waals surface area contributed by atoms with Gasteiger partial charge in [-0.2, -0.15) is 15.5 Å². The zero-order valence-electron chi connectivity index (χ0n) is 18.5. The Hall–Kier alpha value is -4.20. The van der Waals surface area contributed by atoms with E-state index >= 15 is 0 Å². The fourth-order valence-corrected chi connectivity index (χ4v) is 3.28. The minimum absolute atomic E-state index is 0.342. The molecule has 0 fully saturated rings. The van der Waals surface area contributed by atoms with E-state index in [9.17, 15) is 0 Å². The van der Waals surface area contributed by atoms with Crippen LogP contribution in [0, 0.1) is 36.5 Å². The number of nitrogens with zero attached hydrogens (tertiary/aromatic N) is 4. The molecule has 0 bridgehead atoms. The predicted molar refractivity (Wildman–Crippen MR) is 126 cm³/mol. The van der Waals surface area contributed by atoms with E-state index in [2.05, 4.69) is 32.7 Å². The number of aryl methyl sites for hydroxylation is 2. The van der Waals surface area contributed by atoms with E-state index < -0.39 is 0 Å².